The molecule has 0 aliphatic rings. The van der Waals surface area contributed by atoms with Crippen LogP contribution >= 0.6 is 0 Å². The minimum Gasteiger partial charge on any atom is -0.347 e. The highest BCUT2D eigenvalue weighted by molar-refractivity contribution is 5.79. The SMILES string of the molecule is CC(C(=O)N(C)C)n1cnc(CN)n1. The Bertz CT molecular complexity index is 319. The number of aromatic nitrogens is 3. The van der Waals surface area contributed by atoms with Gasteiger partial charge in [0.1, 0.15) is 12.4 Å². The van der Waals surface area contributed by atoms with E-state index < -0.39 is 0 Å². The second-order valence-corrected chi connectivity index (χ2v) is 3.25. The van der Waals surface area contributed by atoms with E-state index in [4.69, 9.17) is 5.73 Å². The van der Waals surface area contributed by atoms with E-state index in [2.05, 4.69) is 10.1 Å². The predicted molar refractivity (Wildman–Crippen MR) is 51.3 cm³/mol. The van der Waals surface area contributed by atoms with Crippen molar-refractivity contribution in [1.82, 2.24) is 19.7 Å². The number of hydrogen-bond donors (Lipinski definition) is 1. The molecule has 0 aromatic carbocycles. The van der Waals surface area contributed by atoms with E-state index in [1.807, 2.05) is 0 Å². The minimum atomic E-state index is -0.335. The van der Waals surface area contributed by atoms with Crippen molar-refractivity contribution in [3.05, 3.63) is 12.2 Å². The molecule has 0 spiro atoms. The van der Waals surface area contributed by atoms with E-state index in [9.17, 15) is 4.79 Å². The van der Waals surface area contributed by atoms with Gasteiger partial charge in [0.25, 0.3) is 0 Å². The Kier molecular flexibility index (Phi) is 3.19. The molecule has 6 nitrogen and oxygen atoms in total. The summed E-state index contributed by atoms with van der Waals surface area (Å²) in [5.74, 6) is 0.530. The van der Waals surface area contributed by atoms with Gasteiger partial charge in [0.15, 0.2) is 5.82 Å². The molecule has 0 bridgehead atoms. The Morgan fingerprint density at radius 2 is 2.36 bits per heavy atom. The topological polar surface area (TPSA) is 77.0 Å². The molecule has 1 atom stereocenters. The average Bonchev–Trinajstić information content (AvgIpc) is 2.63. The summed E-state index contributed by atoms with van der Waals surface area (Å²) in [4.78, 5) is 17.0. The van der Waals surface area contributed by atoms with Crippen LogP contribution in [0.25, 0.3) is 0 Å². The molecule has 0 saturated carbocycles. The van der Waals surface area contributed by atoms with E-state index in [1.54, 1.807) is 21.0 Å². The fraction of sp³-hybridized carbons (Fsp3) is 0.625. The van der Waals surface area contributed by atoms with Crippen molar-refractivity contribution in [3.63, 3.8) is 0 Å². The molecule has 0 radical (unpaired) electrons. The first-order valence-electron chi connectivity index (χ1n) is 4.37. The maximum atomic E-state index is 11.5. The van der Waals surface area contributed by atoms with Crippen molar-refractivity contribution < 1.29 is 4.79 Å². The summed E-state index contributed by atoms with van der Waals surface area (Å²) in [5.41, 5.74) is 5.37. The molecule has 6 heteroatoms. The summed E-state index contributed by atoms with van der Waals surface area (Å²) in [5, 5.41) is 4.07. The summed E-state index contributed by atoms with van der Waals surface area (Å²) >= 11 is 0. The lowest BCUT2D eigenvalue weighted by molar-refractivity contribution is -0.132. The van der Waals surface area contributed by atoms with Gasteiger partial charge < -0.3 is 10.6 Å². The first-order valence-corrected chi connectivity index (χ1v) is 4.37. The number of hydrogen-bond acceptors (Lipinski definition) is 4. The van der Waals surface area contributed by atoms with Crippen molar-refractivity contribution >= 4 is 5.91 Å². The molecule has 0 aliphatic heterocycles. The Morgan fingerprint density at radius 3 is 2.79 bits per heavy atom. The predicted octanol–water partition coefficient (Wildman–Crippen LogP) is -0.614. The first-order chi connectivity index (χ1) is 6.56. The number of carbonyl (C=O) groups is 1. The maximum absolute atomic E-state index is 11.5. The average molecular weight is 197 g/mol. The largest absolute Gasteiger partial charge is 0.347 e. The Morgan fingerprint density at radius 1 is 1.71 bits per heavy atom. The lowest BCUT2D eigenvalue weighted by atomic mass is 10.3. The van der Waals surface area contributed by atoms with E-state index in [1.165, 1.54) is 15.9 Å². The zero-order valence-corrected chi connectivity index (χ0v) is 8.64. The van der Waals surface area contributed by atoms with Crippen LogP contribution in [0.3, 0.4) is 0 Å². The zero-order chi connectivity index (χ0) is 10.7. The molecule has 1 unspecified atom stereocenters. The Balaban J connectivity index is 2.78. The fourth-order valence-corrected chi connectivity index (χ4v) is 1.08. The number of amides is 1. The molecule has 0 saturated heterocycles. The number of nitrogens with zero attached hydrogens (tertiary/aromatic N) is 4. The van der Waals surface area contributed by atoms with Crippen LogP contribution in [0.1, 0.15) is 18.8 Å². The molecule has 0 aliphatic carbocycles. The van der Waals surface area contributed by atoms with Crippen LogP contribution in [-0.2, 0) is 11.3 Å². The van der Waals surface area contributed by atoms with Gasteiger partial charge in [0.05, 0.1) is 6.54 Å². The number of nitrogens with two attached hydrogens (primary N) is 1. The Labute approximate surface area is 82.7 Å². The van der Waals surface area contributed by atoms with Crippen molar-refractivity contribution in [2.75, 3.05) is 14.1 Å². The van der Waals surface area contributed by atoms with E-state index >= 15 is 0 Å². The quantitative estimate of drug-likeness (QED) is 0.701. The van der Waals surface area contributed by atoms with Gasteiger partial charge in [-0.2, -0.15) is 5.10 Å². The van der Waals surface area contributed by atoms with Crippen molar-refractivity contribution in [2.24, 2.45) is 5.73 Å². The van der Waals surface area contributed by atoms with Crippen LogP contribution in [0.4, 0.5) is 0 Å². The molecule has 1 amide bonds. The highest BCUT2D eigenvalue weighted by Gasteiger charge is 2.17. The van der Waals surface area contributed by atoms with Gasteiger partial charge in [-0.05, 0) is 6.92 Å². The molecular formula is C8H15N5O. The third kappa shape index (κ3) is 2.08. The van der Waals surface area contributed by atoms with Crippen LogP contribution < -0.4 is 5.73 Å². The third-order valence-corrected chi connectivity index (χ3v) is 1.93. The van der Waals surface area contributed by atoms with E-state index in [0.29, 0.717) is 5.82 Å². The standard InChI is InChI=1S/C8H15N5O/c1-6(8(14)12(2)3)13-5-10-7(4-9)11-13/h5-6H,4,9H2,1-3H3. The zero-order valence-electron chi connectivity index (χ0n) is 8.64. The fourth-order valence-electron chi connectivity index (χ4n) is 1.08. The normalized spacial score (nSPS) is 12.6. The monoisotopic (exact) mass is 197 g/mol. The van der Waals surface area contributed by atoms with Gasteiger partial charge >= 0.3 is 0 Å². The smallest absolute Gasteiger partial charge is 0.246 e. The van der Waals surface area contributed by atoms with Gasteiger partial charge in [-0.15, -0.1) is 0 Å². The van der Waals surface area contributed by atoms with Crippen molar-refractivity contribution in [2.45, 2.75) is 19.5 Å². The number of likely N-dealkylation sites (N-methyl/N-ethyl adjacent to an activating group) is 1. The van der Waals surface area contributed by atoms with Crippen LogP contribution in [0.15, 0.2) is 6.33 Å². The van der Waals surface area contributed by atoms with Crippen LogP contribution in [0.5, 0.6) is 0 Å². The molecule has 78 valence electrons. The summed E-state index contributed by atoms with van der Waals surface area (Å²) in [6, 6.07) is -0.335. The highest BCUT2D eigenvalue weighted by atomic mass is 16.2. The number of rotatable bonds is 3. The molecule has 1 aromatic rings. The molecule has 2 N–H and O–H groups in total. The summed E-state index contributed by atoms with van der Waals surface area (Å²) in [7, 11) is 3.42. The molecule has 1 heterocycles. The lowest BCUT2D eigenvalue weighted by Crippen LogP contribution is -2.30. The second kappa shape index (κ2) is 4.19. The molecule has 1 aromatic heterocycles. The van der Waals surface area contributed by atoms with Gasteiger partial charge in [-0.3, -0.25) is 4.79 Å². The van der Waals surface area contributed by atoms with Gasteiger partial charge in [0, 0.05) is 14.1 Å². The minimum absolute atomic E-state index is 0.0153. The van der Waals surface area contributed by atoms with Crippen molar-refractivity contribution in [3.8, 4) is 0 Å². The van der Waals surface area contributed by atoms with E-state index in [0.717, 1.165) is 0 Å². The molecule has 0 fully saturated rings. The van der Waals surface area contributed by atoms with Crippen LogP contribution in [0.2, 0.25) is 0 Å². The Hall–Kier alpha value is -1.43. The second-order valence-electron chi connectivity index (χ2n) is 3.25. The van der Waals surface area contributed by atoms with E-state index in [-0.39, 0.29) is 18.5 Å². The molecule has 14 heavy (non-hydrogen) atoms. The van der Waals surface area contributed by atoms with Crippen molar-refractivity contribution in [1.29, 1.82) is 0 Å². The van der Waals surface area contributed by atoms with Gasteiger partial charge in [0.2, 0.25) is 5.91 Å². The summed E-state index contributed by atoms with van der Waals surface area (Å²) < 4.78 is 1.52. The highest BCUT2D eigenvalue weighted by Crippen LogP contribution is 2.05. The van der Waals surface area contributed by atoms with Crippen LogP contribution in [-0.4, -0.2) is 39.7 Å². The molecule has 1 rings (SSSR count). The summed E-state index contributed by atoms with van der Waals surface area (Å²) in [6.45, 7) is 2.06. The first kappa shape index (κ1) is 10.6. The lowest BCUT2D eigenvalue weighted by Gasteiger charge is -2.16. The number of carbonyl (C=O) groups excluding carboxylic acids is 1. The third-order valence-electron chi connectivity index (χ3n) is 1.93. The maximum Gasteiger partial charge on any atom is 0.246 e. The van der Waals surface area contributed by atoms with Gasteiger partial charge in [-0.25, -0.2) is 9.67 Å². The van der Waals surface area contributed by atoms with Crippen LogP contribution in [0, 0.1) is 0 Å². The molecular weight excluding hydrogens is 182 g/mol. The summed E-state index contributed by atoms with van der Waals surface area (Å²) in [6.07, 6.45) is 1.52. The van der Waals surface area contributed by atoms with Gasteiger partial charge in [-0.1, -0.05) is 0 Å².